The predicted molar refractivity (Wildman–Crippen MR) is 47.5 cm³/mol. The summed E-state index contributed by atoms with van der Waals surface area (Å²) >= 11 is 0. The molecule has 0 radical (unpaired) electrons. The van der Waals surface area contributed by atoms with Gasteiger partial charge in [-0.15, -0.1) is 0 Å². The molecule has 0 spiro atoms. The van der Waals surface area contributed by atoms with E-state index in [1.54, 1.807) is 12.4 Å². The van der Waals surface area contributed by atoms with Crippen molar-refractivity contribution in [3.8, 4) is 11.4 Å². The summed E-state index contributed by atoms with van der Waals surface area (Å²) in [5.74, 6) is 0. The zero-order valence-electron chi connectivity index (χ0n) is 7.22. The van der Waals surface area contributed by atoms with Crippen LogP contribution in [-0.4, -0.2) is 9.97 Å². The molecule has 2 aromatic heterocycles. The van der Waals surface area contributed by atoms with Gasteiger partial charge in [0.05, 0.1) is 11.4 Å². The van der Waals surface area contributed by atoms with E-state index in [1.165, 1.54) is 0 Å². The smallest absolute Gasteiger partial charge is 0.0886 e. The summed E-state index contributed by atoms with van der Waals surface area (Å²) in [5, 5.41) is 0. The first-order chi connectivity index (χ1) is 5.97. The summed E-state index contributed by atoms with van der Waals surface area (Å²) in [5.41, 5.74) is 1.83. The van der Waals surface area contributed by atoms with Crippen LogP contribution in [0.3, 0.4) is 0 Å². The molecule has 0 saturated heterocycles. The van der Waals surface area contributed by atoms with Crippen molar-refractivity contribution in [1.82, 2.24) is 9.97 Å². The van der Waals surface area contributed by atoms with Gasteiger partial charge in [0.15, 0.2) is 0 Å². The predicted octanol–water partition coefficient (Wildman–Crippen LogP) is 2.14. The molecule has 0 aliphatic heterocycles. The average molecular weight is 222 g/mol. The van der Waals surface area contributed by atoms with Gasteiger partial charge in [0.25, 0.3) is 0 Å². The molecule has 60 valence electrons. The number of hydrogen-bond acceptors (Lipinski definition) is 2. The number of hydrogen-bond donors (Lipinski definition) is 0. The van der Waals surface area contributed by atoms with Crippen molar-refractivity contribution in [3.05, 3.63) is 48.8 Å². The maximum absolute atomic E-state index is 4.19. The van der Waals surface area contributed by atoms with Gasteiger partial charge in [0.1, 0.15) is 0 Å². The molecule has 0 saturated carbocycles. The van der Waals surface area contributed by atoms with Gasteiger partial charge < -0.3 is 0 Å². The summed E-state index contributed by atoms with van der Waals surface area (Å²) < 4.78 is 0. The molecule has 2 aromatic rings. The minimum Gasteiger partial charge on any atom is -0.255 e. The van der Waals surface area contributed by atoms with E-state index in [0.717, 1.165) is 11.4 Å². The van der Waals surface area contributed by atoms with Crippen molar-refractivity contribution in [2.75, 3.05) is 0 Å². The molecule has 0 aliphatic carbocycles. The largest absolute Gasteiger partial charge is 0.255 e. The number of aromatic nitrogens is 2. The second kappa shape index (κ2) is 4.83. The van der Waals surface area contributed by atoms with Crippen LogP contribution in [0.1, 0.15) is 0 Å². The first-order valence-electron chi connectivity index (χ1n) is 3.79. The zero-order chi connectivity index (χ0) is 8.23. The molecular formula is C10H8N2Zn. The maximum Gasteiger partial charge on any atom is 0.0886 e. The third-order valence-electron chi connectivity index (χ3n) is 1.59. The molecule has 2 heterocycles. The molecule has 0 N–H and O–H groups in total. The van der Waals surface area contributed by atoms with Crippen LogP contribution < -0.4 is 0 Å². The van der Waals surface area contributed by atoms with Crippen molar-refractivity contribution in [1.29, 1.82) is 0 Å². The van der Waals surface area contributed by atoms with E-state index in [9.17, 15) is 0 Å². The molecule has 0 aromatic carbocycles. The molecule has 2 rings (SSSR count). The van der Waals surface area contributed by atoms with Crippen LogP contribution >= 0.6 is 0 Å². The van der Waals surface area contributed by atoms with Gasteiger partial charge in [-0.1, -0.05) is 12.1 Å². The van der Waals surface area contributed by atoms with Crippen LogP contribution in [0.5, 0.6) is 0 Å². The molecule has 0 unspecified atom stereocenters. The molecule has 0 amide bonds. The molecule has 0 fully saturated rings. The standard InChI is InChI=1S/C10H8N2.Zn/c1-3-7-11-9(5-1)10-6-2-4-8-12-10;/h1-8H;. The van der Waals surface area contributed by atoms with Gasteiger partial charge in [-0.25, -0.2) is 0 Å². The van der Waals surface area contributed by atoms with Gasteiger partial charge in [-0.05, 0) is 24.3 Å². The fourth-order valence-corrected chi connectivity index (χ4v) is 1.03. The minimum atomic E-state index is 0. The van der Waals surface area contributed by atoms with E-state index in [4.69, 9.17) is 0 Å². The van der Waals surface area contributed by atoms with E-state index in [0.29, 0.717) is 0 Å². The summed E-state index contributed by atoms with van der Waals surface area (Å²) in [4.78, 5) is 8.37. The fraction of sp³-hybridized carbons (Fsp3) is 0. The van der Waals surface area contributed by atoms with Gasteiger partial charge in [0.2, 0.25) is 0 Å². The van der Waals surface area contributed by atoms with Crippen LogP contribution in [0.2, 0.25) is 0 Å². The van der Waals surface area contributed by atoms with E-state index >= 15 is 0 Å². The molecule has 13 heavy (non-hydrogen) atoms. The first kappa shape index (κ1) is 10.0. The summed E-state index contributed by atoms with van der Waals surface area (Å²) in [6.45, 7) is 0. The molecular weight excluding hydrogens is 214 g/mol. The average Bonchev–Trinajstić information content (AvgIpc) is 2.21. The quantitative estimate of drug-likeness (QED) is 0.690. The van der Waals surface area contributed by atoms with Crippen molar-refractivity contribution >= 4 is 0 Å². The second-order valence-electron chi connectivity index (χ2n) is 2.43. The Morgan fingerprint density at radius 1 is 0.692 bits per heavy atom. The number of rotatable bonds is 1. The number of nitrogens with zero attached hydrogens (tertiary/aromatic N) is 2. The third-order valence-corrected chi connectivity index (χ3v) is 1.59. The Morgan fingerprint density at radius 3 is 1.46 bits per heavy atom. The van der Waals surface area contributed by atoms with E-state index < -0.39 is 0 Å². The molecule has 0 bridgehead atoms. The van der Waals surface area contributed by atoms with E-state index in [-0.39, 0.29) is 19.5 Å². The number of pyridine rings is 2. The SMILES string of the molecule is [Zn].c1ccc(-c2ccccn2)nc1. The Labute approximate surface area is 89.8 Å². The first-order valence-corrected chi connectivity index (χ1v) is 3.79. The topological polar surface area (TPSA) is 25.8 Å². The summed E-state index contributed by atoms with van der Waals surface area (Å²) in [7, 11) is 0. The van der Waals surface area contributed by atoms with Crippen molar-refractivity contribution in [3.63, 3.8) is 0 Å². The Morgan fingerprint density at radius 2 is 1.15 bits per heavy atom. The molecule has 0 atom stereocenters. The Balaban J connectivity index is 0.000000845. The monoisotopic (exact) mass is 220 g/mol. The normalized spacial score (nSPS) is 8.92. The van der Waals surface area contributed by atoms with E-state index in [2.05, 4.69) is 9.97 Å². The van der Waals surface area contributed by atoms with E-state index in [1.807, 2.05) is 36.4 Å². The Kier molecular flexibility index (Phi) is 3.72. The van der Waals surface area contributed by atoms with Crippen LogP contribution in [-0.2, 0) is 19.5 Å². The van der Waals surface area contributed by atoms with Crippen LogP contribution in [0.15, 0.2) is 48.8 Å². The summed E-state index contributed by atoms with van der Waals surface area (Å²) in [6, 6.07) is 11.6. The Hall–Kier alpha value is -1.08. The molecule has 2 nitrogen and oxygen atoms in total. The zero-order valence-corrected chi connectivity index (χ0v) is 10.2. The summed E-state index contributed by atoms with van der Waals surface area (Å²) in [6.07, 6.45) is 3.54. The Bertz CT molecular complexity index is 310. The van der Waals surface area contributed by atoms with Crippen molar-refractivity contribution in [2.24, 2.45) is 0 Å². The van der Waals surface area contributed by atoms with Gasteiger partial charge >= 0.3 is 0 Å². The van der Waals surface area contributed by atoms with Crippen LogP contribution in [0.25, 0.3) is 11.4 Å². The van der Waals surface area contributed by atoms with Crippen molar-refractivity contribution in [2.45, 2.75) is 0 Å². The molecule has 3 heteroatoms. The van der Waals surface area contributed by atoms with Gasteiger partial charge in [0, 0.05) is 31.9 Å². The molecule has 0 aliphatic rings. The maximum atomic E-state index is 4.19. The second-order valence-corrected chi connectivity index (χ2v) is 2.43. The van der Waals surface area contributed by atoms with Crippen molar-refractivity contribution < 1.29 is 19.5 Å². The minimum absolute atomic E-state index is 0. The third kappa shape index (κ3) is 2.43. The van der Waals surface area contributed by atoms with Crippen LogP contribution in [0, 0.1) is 0 Å². The fourth-order valence-electron chi connectivity index (χ4n) is 1.03. The van der Waals surface area contributed by atoms with Gasteiger partial charge in [-0.3, -0.25) is 9.97 Å². The van der Waals surface area contributed by atoms with Crippen LogP contribution in [0.4, 0.5) is 0 Å². The van der Waals surface area contributed by atoms with Gasteiger partial charge in [-0.2, -0.15) is 0 Å².